The Labute approximate surface area is 97.0 Å². The molecule has 1 aromatic rings. The summed E-state index contributed by atoms with van der Waals surface area (Å²) in [6, 6.07) is -0.577. The van der Waals surface area contributed by atoms with Gasteiger partial charge in [-0.2, -0.15) is 0 Å². The number of nitrogens with zero attached hydrogens (tertiary/aromatic N) is 3. The van der Waals surface area contributed by atoms with Gasteiger partial charge >= 0.3 is 5.97 Å². The van der Waals surface area contributed by atoms with E-state index in [0.717, 1.165) is 6.42 Å². The maximum atomic E-state index is 11.0. The van der Waals surface area contributed by atoms with Crippen molar-refractivity contribution in [2.75, 3.05) is 17.2 Å². The van der Waals surface area contributed by atoms with Gasteiger partial charge < -0.3 is 15.7 Å². The Morgan fingerprint density at radius 3 is 3.06 bits per heavy atom. The average Bonchev–Trinajstić information content (AvgIpc) is 2.70. The maximum absolute atomic E-state index is 11.0. The van der Waals surface area contributed by atoms with Gasteiger partial charge in [0.15, 0.2) is 5.82 Å². The number of hydrogen-bond donors (Lipinski definition) is 2. The van der Waals surface area contributed by atoms with Crippen LogP contribution in [0.15, 0.2) is 6.33 Å². The van der Waals surface area contributed by atoms with Crippen LogP contribution in [0.5, 0.6) is 0 Å². The summed E-state index contributed by atoms with van der Waals surface area (Å²) in [7, 11) is 0. The zero-order valence-electron chi connectivity index (χ0n) is 8.43. The number of hydrogen-bond acceptors (Lipinski definition) is 5. The molecule has 0 radical (unpaired) electrons. The highest BCUT2D eigenvalue weighted by molar-refractivity contribution is 6.35. The van der Waals surface area contributed by atoms with Crippen molar-refractivity contribution in [1.82, 2.24) is 9.97 Å². The predicted molar refractivity (Wildman–Crippen MR) is 59.5 cm³/mol. The van der Waals surface area contributed by atoms with Gasteiger partial charge in [0.1, 0.15) is 23.2 Å². The highest BCUT2D eigenvalue weighted by Crippen LogP contribution is 2.32. The second-order valence-electron chi connectivity index (χ2n) is 3.59. The lowest BCUT2D eigenvalue weighted by Crippen LogP contribution is -2.36. The first-order chi connectivity index (χ1) is 7.61. The van der Waals surface area contributed by atoms with Crippen LogP contribution in [0.3, 0.4) is 0 Å². The molecule has 1 aliphatic heterocycles. The molecule has 7 heteroatoms. The molecule has 6 nitrogen and oxygen atoms in total. The molecule has 16 heavy (non-hydrogen) atoms. The van der Waals surface area contributed by atoms with Crippen molar-refractivity contribution >= 4 is 29.2 Å². The van der Waals surface area contributed by atoms with Crippen LogP contribution in [0.4, 0.5) is 11.6 Å². The molecule has 0 unspecified atom stereocenters. The number of carbonyl (C=O) groups is 1. The van der Waals surface area contributed by atoms with Crippen molar-refractivity contribution in [2.24, 2.45) is 0 Å². The Hall–Kier alpha value is -1.56. The molecule has 3 N–H and O–H groups in total. The zero-order valence-corrected chi connectivity index (χ0v) is 9.18. The average molecular weight is 243 g/mol. The first-order valence-electron chi connectivity index (χ1n) is 4.86. The lowest BCUT2D eigenvalue weighted by Gasteiger charge is -2.23. The largest absolute Gasteiger partial charge is 0.480 e. The van der Waals surface area contributed by atoms with E-state index in [9.17, 15) is 4.79 Å². The number of anilines is 2. The van der Waals surface area contributed by atoms with Crippen LogP contribution in [-0.2, 0) is 4.79 Å². The van der Waals surface area contributed by atoms with Gasteiger partial charge in [-0.25, -0.2) is 14.8 Å². The molecule has 1 aliphatic rings. The second kappa shape index (κ2) is 4.13. The highest BCUT2D eigenvalue weighted by Gasteiger charge is 2.33. The summed E-state index contributed by atoms with van der Waals surface area (Å²) in [4.78, 5) is 20.4. The third kappa shape index (κ3) is 1.76. The van der Waals surface area contributed by atoms with E-state index >= 15 is 0 Å². The first-order valence-corrected chi connectivity index (χ1v) is 5.24. The number of rotatable bonds is 2. The van der Waals surface area contributed by atoms with Gasteiger partial charge in [0.05, 0.1) is 0 Å². The van der Waals surface area contributed by atoms with Gasteiger partial charge in [0, 0.05) is 6.54 Å². The van der Waals surface area contributed by atoms with Crippen molar-refractivity contribution < 1.29 is 9.90 Å². The van der Waals surface area contributed by atoms with Crippen LogP contribution in [0.1, 0.15) is 12.8 Å². The summed E-state index contributed by atoms with van der Waals surface area (Å²) in [5.41, 5.74) is 5.55. The molecule has 2 rings (SSSR count). The molecule has 0 bridgehead atoms. The normalized spacial score (nSPS) is 20.1. The van der Waals surface area contributed by atoms with Crippen molar-refractivity contribution in [3.8, 4) is 0 Å². The Bertz CT molecular complexity index is 426. The first kappa shape index (κ1) is 10.9. The number of aromatic nitrogens is 2. The summed E-state index contributed by atoms with van der Waals surface area (Å²) in [5, 5.41) is 9.26. The second-order valence-corrected chi connectivity index (χ2v) is 3.96. The van der Waals surface area contributed by atoms with Crippen LogP contribution in [0.2, 0.25) is 5.02 Å². The molecule has 1 atom stereocenters. The van der Waals surface area contributed by atoms with Gasteiger partial charge in [-0.05, 0) is 12.8 Å². The summed E-state index contributed by atoms with van der Waals surface area (Å²) in [5.74, 6) is -0.299. The van der Waals surface area contributed by atoms with Crippen molar-refractivity contribution in [3.05, 3.63) is 11.3 Å². The van der Waals surface area contributed by atoms with Gasteiger partial charge in [-0.15, -0.1) is 0 Å². The van der Waals surface area contributed by atoms with Crippen LogP contribution < -0.4 is 10.6 Å². The number of carboxylic acids is 1. The summed E-state index contributed by atoms with van der Waals surface area (Å²) in [6.07, 6.45) is 2.68. The van der Waals surface area contributed by atoms with Crippen molar-refractivity contribution in [1.29, 1.82) is 0 Å². The summed E-state index contributed by atoms with van der Waals surface area (Å²) >= 11 is 5.96. The number of nitrogen functional groups attached to an aromatic ring is 1. The maximum Gasteiger partial charge on any atom is 0.326 e. The molecule has 1 fully saturated rings. The minimum atomic E-state index is -0.870. The van der Waals surface area contributed by atoms with Crippen molar-refractivity contribution in [2.45, 2.75) is 18.9 Å². The van der Waals surface area contributed by atoms with Gasteiger partial charge in [0.25, 0.3) is 0 Å². The van der Waals surface area contributed by atoms with Gasteiger partial charge in [-0.3, -0.25) is 0 Å². The Morgan fingerprint density at radius 1 is 1.62 bits per heavy atom. The van der Waals surface area contributed by atoms with Crippen LogP contribution in [0, 0.1) is 0 Å². The van der Waals surface area contributed by atoms with E-state index in [1.807, 2.05) is 0 Å². The van der Waals surface area contributed by atoms with E-state index < -0.39 is 12.0 Å². The monoisotopic (exact) mass is 242 g/mol. The number of carboxylic acid groups (broad SMARTS) is 1. The van der Waals surface area contributed by atoms with E-state index in [0.29, 0.717) is 18.8 Å². The fourth-order valence-corrected chi connectivity index (χ4v) is 2.06. The van der Waals surface area contributed by atoms with Crippen LogP contribution in [-0.4, -0.2) is 33.6 Å². The topological polar surface area (TPSA) is 92.3 Å². The van der Waals surface area contributed by atoms with Gasteiger partial charge in [0.2, 0.25) is 0 Å². The Balaban J connectivity index is 2.36. The minimum Gasteiger partial charge on any atom is -0.480 e. The molecule has 0 spiro atoms. The molecule has 1 saturated heterocycles. The van der Waals surface area contributed by atoms with Crippen molar-refractivity contribution in [3.63, 3.8) is 0 Å². The zero-order chi connectivity index (χ0) is 11.7. The Morgan fingerprint density at radius 2 is 2.38 bits per heavy atom. The molecule has 0 aliphatic carbocycles. The number of nitrogens with two attached hydrogens (primary N) is 1. The van der Waals surface area contributed by atoms with E-state index in [1.54, 1.807) is 4.90 Å². The van der Waals surface area contributed by atoms with E-state index in [1.165, 1.54) is 6.33 Å². The van der Waals surface area contributed by atoms with Crippen LogP contribution >= 0.6 is 11.6 Å². The lowest BCUT2D eigenvalue weighted by atomic mass is 10.2. The molecule has 1 aromatic heterocycles. The van der Waals surface area contributed by atoms with E-state index in [4.69, 9.17) is 22.4 Å². The standard InChI is InChI=1S/C9H11ClN4O2/c10-6-7(11)12-4-13-8(6)14-3-1-2-5(14)9(15)16/h4-5H,1-3H2,(H,15,16)(H2,11,12,13)/t5-/m0/s1. The smallest absolute Gasteiger partial charge is 0.326 e. The fraction of sp³-hybridized carbons (Fsp3) is 0.444. The molecule has 2 heterocycles. The molecule has 0 amide bonds. The highest BCUT2D eigenvalue weighted by atomic mass is 35.5. The molecule has 86 valence electrons. The predicted octanol–water partition coefficient (Wildman–Crippen LogP) is 0.766. The Kier molecular flexibility index (Phi) is 2.82. The molecular formula is C9H11ClN4O2. The van der Waals surface area contributed by atoms with E-state index in [-0.39, 0.29) is 10.8 Å². The minimum absolute atomic E-state index is 0.169. The van der Waals surface area contributed by atoms with Gasteiger partial charge in [-0.1, -0.05) is 11.6 Å². The molecule has 0 aromatic carbocycles. The summed E-state index contributed by atoms with van der Waals surface area (Å²) in [6.45, 7) is 0.618. The fourth-order valence-electron chi connectivity index (χ4n) is 1.85. The van der Waals surface area contributed by atoms with E-state index in [2.05, 4.69) is 9.97 Å². The third-order valence-corrected chi connectivity index (χ3v) is 2.97. The SMILES string of the molecule is Nc1ncnc(N2CCC[C@H]2C(=O)O)c1Cl. The number of aliphatic carboxylic acids is 1. The molecule has 0 saturated carbocycles. The van der Waals surface area contributed by atoms with Crippen LogP contribution in [0.25, 0.3) is 0 Å². The quantitative estimate of drug-likeness (QED) is 0.796. The third-order valence-electron chi connectivity index (χ3n) is 2.61. The lowest BCUT2D eigenvalue weighted by molar-refractivity contribution is -0.138. The summed E-state index contributed by atoms with van der Waals surface area (Å²) < 4.78 is 0. The molecular weight excluding hydrogens is 232 g/mol. The number of halogens is 1.